The van der Waals surface area contributed by atoms with Crippen molar-refractivity contribution in [3.05, 3.63) is 29.0 Å². The lowest BCUT2D eigenvalue weighted by atomic mass is 9.75. The van der Waals surface area contributed by atoms with Crippen LogP contribution in [0.1, 0.15) is 79.2 Å². The van der Waals surface area contributed by atoms with Crippen molar-refractivity contribution in [2.24, 2.45) is 0 Å². The first-order valence-electron chi connectivity index (χ1n) is 8.04. The van der Waals surface area contributed by atoms with Crippen LogP contribution in [0.25, 0.3) is 11.0 Å². The first kappa shape index (κ1) is 16.9. The molecule has 2 nitrogen and oxygen atoms in total. The minimum Gasteiger partial charge on any atom is -0.508 e. The Morgan fingerprint density at radius 3 is 1.64 bits per heavy atom. The van der Waals surface area contributed by atoms with Gasteiger partial charge in [-0.3, -0.25) is 0 Å². The van der Waals surface area contributed by atoms with E-state index in [1.807, 2.05) is 6.07 Å². The molecular formula is C20H30O2. The Kier molecular flexibility index (Phi) is 3.67. The van der Waals surface area contributed by atoms with Crippen molar-refractivity contribution in [3.63, 3.8) is 0 Å². The van der Waals surface area contributed by atoms with Gasteiger partial charge in [0.2, 0.25) is 0 Å². The average Bonchev–Trinajstić information content (AvgIpc) is 2.64. The molecule has 1 aromatic heterocycles. The topological polar surface area (TPSA) is 33.4 Å². The van der Waals surface area contributed by atoms with Crippen LogP contribution in [-0.4, -0.2) is 5.11 Å². The molecule has 0 aliphatic rings. The van der Waals surface area contributed by atoms with Gasteiger partial charge in [-0.25, -0.2) is 0 Å². The molecular weight excluding hydrogens is 272 g/mol. The van der Waals surface area contributed by atoms with Crippen molar-refractivity contribution in [1.82, 2.24) is 0 Å². The fourth-order valence-corrected chi connectivity index (χ4v) is 3.18. The minimum absolute atomic E-state index is 0.0539. The number of furan rings is 1. The van der Waals surface area contributed by atoms with Crippen LogP contribution in [0.2, 0.25) is 0 Å². The summed E-state index contributed by atoms with van der Waals surface area (Å²) in [5, 5.41) is 11.6. The van der Waals surface area contributed by atoms with Gasteiger partial charge in [-0.2, -0.15) is 0 Å². The SMILES string of the molecule is CC(C)(C)c1oc2ccc(O)c(C(C)(C)C)c2c1C(C)(C)C. The van der Waals surface area contributed by atoms with Crippen LogP contribution in [0.4, 0.5) is 0 Å². The Morgan fingerprint density at radius 2 is 1.23 bits per heavy atom. The molecule has 1 heterocycles. The summed E-state index contributed by atoms with van der Waals surface area (Å²) in [5.41, 5.74) is 2.79. The molecule has 0 aliphatic carbocycles. The second kappa shape index (κ2) is 4.78. The molecule has 0 atom stereocenters. The van der Waals surface area contributed by atoms with Crippen LogP contribution in [0.5, 0.6) is 5.75 Å². The maximum absolute atomic E-state index is 10.5. The van der Waals surface area contributed by atoms with Gasteiger partial charge >= 0.3 is 0 Å². The van der Waals surface area contributed by atoms with E-state index in [1.54, 1.807) is 6.07 Å². The van der Waals surface area contributed by atoms with Gasteiger partial charge in [-0.1, -0.05) is 62.3 Å². The predicted molar refractivity (Wildman–Crippen MR) is 94.0 cm³/mol. The monoisotopic (exact) mass is 302 g/mol. The zero-order chi connectivity index (χ0) is 17.1. The van der Waals surface area contributed by atoms with Crippen LogP contribution >= 0.6 is 0 Å². The Balaban J connectivity index is 3.06. The highest BCUT2D eigenvalue weighted by molar-refractivity contribution is 5.90. The zero-order valence-electron chi connectivity index (χ0n) is 15.5. The summed E-state index contributed by atoms with van der Waals surface area (Å²) < 4.78 is 6.27. The van der Waals surface area contributed by atoms with Crippen LogP contribution in [0, 0.1) is 0 Å². The van der Waals surface area contributed by atoms with Gasteiger partial charge in [-0.15, -0.1) is 0 Å². The van der Waals surface area contributed by atoms with E-state index in [1.165, 1.54) is 5.56 Å². The number of hydrogen-bond donors (Lipinski definition) is 1. The molecule has 0 saturated heterocycles. The molecule has 0 unspecified atom stereocenters. The van der Waals surface area contributed by atoms with Gasteiger partial charge in [0.1, 0.15) is 17.1 Å². The number of fused-ring (bicyclic) bond motifs is 1. The largest absolute Gasteiger partial charge is 0.508 e. The molecule has 0 radical (unpaired) electrons. The van der Waals surface area contributed by atoms with Gasteiger partial charge in [0.05, 0.1) is 0 Å². The lowest BCUT2D eigenvalue weighted by Gasteiger charge is -2.28. The van der Waals surface area contributed by atoms with Gasteiger partial charge in [0.25, 0.3) is 0 Å². The predicted octanol–water partition coefficient (Wildman–Crippen LogP) is 6.03. The van der Waals surface area contributed by atoms with E-state index < -0.39 is 0 Å². The molecule has 1 N–H and O–H groups in total. The van der Waals surface area contributed by atoms with Crippen LogP contribution < -0.4 is 0 Å². The second-order valence-corrected chi connectivity index (χ2v) is 9.39. The van der Waals surface area contributed by atoms with Crippen LogP contribution in [0.3, 0.4) is 0 Å². The van der Waals surface area contributed by atoms with Crippen molar-refractivity contribution in [2.75, 3.05) is 0 Å². The highest BCUT2D eigenvalue weighted by Crippen LogP contribution is 2.47. The third-order valence-corrected chi connectivity index (χ3v) is 4.02. The van der Waals surface area contributed by atoms with Gasteiger partial charge < -0.3 is 9.52 Å². The molecule has 0 saturated carbocycles. The lowest BCUT2D eigenvalue weighted by Crippen LogP contribution is -2.21. The summed E-state index contributed by atoms with van der Waals surface area (Å²) in [6.07, 6.45) is 0. The van der Waals surface area contributed by atoms with E-state index in [2.05, 4.69) is 62.3 Å². The molecule has 2 rings (SSSR count). The summed E-state index contributed by atoms with van der Waals surface area (Å²) in [5.74, 6) is 1.37. The maximum Gasteiger partial charge on any atom is 0.135 e. The van der Waals surface area contributed by atoms with Crippen molar-refractivity contribution >= 4 is 11.0 Å². The third-order valence-electron chi connectivity index (χ3n) is 4.02. The zero-order valence-corrected chi connectivity index (χ0v) is 15.5. The molecule has 0 bridgehead atoms. The fraction of sp³-hybridized carbons (Fsp3) is 0.600. The molecule has 1 aromatic carbocycles. The first-order chi connectivity index (χ1) is 9.74. The molecule has 22 heavy (non-hydrogen) atoms. The van der Waals surface area contributed by atoms with E-state index in [9.17, 15) is 5.11 Å². The second-order valence-electron chi connectivity index (χ2n) is 9.39. The molecule has 0 amide bonds. The summed E-state index contributed by atoms with van der Waals surface area (Å²) >= 11 is 0. The van der Waals surface area contributed by atoms with E-state index in [0.717, 1.165) is 22.3 Å². The molecule has 0 aliphatic heterocycles. The number of rotatable bonds is 0. The normalized spacial score (nSPS) is 13.9. The van der Waals surface area contributed by atoms with Crippen molar-refractivity contribution in [1.29, 1.82) is 0 Å². The van der Waals surface area contributed by atoms with E-state index in [0.29, 0.717) is 5.75 Å². The number of hydrogen-bond acceptors (Lipinski definition) is 2. The van der Waals surface area contributed by atoms with Crippen molar-refractivity contribution in [3.8, 4) is 5.75 Å². The molecule has 122 valence electrons. The number of aromatic hydroxyl groups is 1. The van der Waals surface area contributed by atoms with Crippen LogP contribution in [0.15, 0.2) is 16.5 Å². The van der Waals surface area contributed by atoms with Gasteiger partial charge in [-0.05, 0) is 23.0 Å². The average molecular weight is 302 g/mol. The summed E-state index contributed by atoms with van der Waals surface area (Å²) in [6, 6.07) is 3.65. The Hall–Kier alpha value is -1.44. The highest BCUT2D eigenvalue weighted by Gasteiger charge is 2.35. The van der Waals surface area contributed by atoms with Gasteiger partial charge in [0.15, 0.2) is 0 Å². The standard InChI is InChI=1S/C20H30O2/c1-18(2,3)15-12(21)10-11-13-14(15)16(19(4,5)6)17(22-13)20(7,8)9/h10-11,21H,1-9H3. The summed E-state index contributed by atoms with van der Waals surface area (Å²) in [4.78, 5) is 0. The molecule has 2 aromatic rings. The third kappa shape index (κ3) is 2.76. The number of phenols is 1. The molecule has 2 heteroatoms. The summed E-state index contributed by atoms with van der Waals surface area (Å²) in [6.45, 7) is 19.6. The molecule has 0 spiro atoms. The lowest BCUT2D eigenvalue weighted by molar-refractivity contribution is 0.409. The number of benzene rings is 1. The Labute approximate surface area is 134 Å². The number of phenolic OH excluding ortho intramolecular Hbond substituents is 1. The van der Waals surface area contributed by atoms with E-state index in [4.69, 9.17) is 4.42 Å². The minimum atomic E-state index is -0.150. The van der Waals surface area contributed by atoms with Crippen molar-refractivity contribution in [2.45, 2.75) is 78.6 Å². The first-order valence-corrected chi connectivity index (χ1v) is 8.04. The summed E-state index contributed by atoms with van der Waals surface area (Å²) in [7, 11) is 0. The van der Waals surface area contributed by atoms with Gasteiger partial charge in [0, 0.05) is 21.9 Å². The highest BCUT2D eigenvalue weighted by atomic mass is 16.3. The quantitative estimate of drug-likeness (QED) is 0.644. The smallest absolute Gasteiger partial charge is 0.135 e. The van der Waals surface area contributed by atoms with Crippen molar-refractivity contribution < 1.29 is 9.52 Å². The Bertz CT molecular complexity index is 698. The van der Waals surface area contributed by atoms with Crippen LogP contribution in [-0.2, 0) is 16.2 Å². The van der Waals surface area contributed by atoms with E-state index in [-0.39, 0.29) is 16.2 Å². The Morgan fingerprint density at radius 1 is 0.727 bits per heavy atom. The van der Waals surface area contributed by atoms with E-state index >= 15 is 0 Å². The maximum atomic E-state index is 10.5. The molecule has 0 fully saturated rings. The fourth-order valence-electron chi connectivity index (χ4n) is 3.18.